The maximum absolute atomic E-state index is 12.2. The largest absolute Gasteiger partial charge is 0.401 e. The molecule has 0 aromatic rings. The van der Waals surface area contributed by atoms with Gasteiger partial charge in [-0.25, -0.2) is 0 Å². The fraction of sp³-hybridized carbons (Fsp3) is 1.00. The van der Waals surface area contributed by atoms with E-state index in [4.69, 9.17) is 9.84 Å². The van der Waals surface area contributed by atoms with Crippen molar-refractivity contribution in [2.75, 3.05) is 32.8 Å². The molecule has 0 spiro atoms. The van der Waals surface area contributed by atoms with E-state index >= 15 is 0 Å². The standard InChI is InChI=1S/C10H20F3NO3/c1-8(2)17-6-9(16)5-14(3-4-15)7-10(11,12)13/h8-9,15-16H,3-7H2,1-2H3. The Balaban J connectivity index is 4.05. The van der Waals surface area contributed by atoms with Crippen LogP contribution in [0.25, 0.3) is 0 Å². The minimum atomic E-state index is -4.34. The summed E-state index contributed by atoms with van der Waals surface area (Å²) in [5, 5.41) is 18.1. The van der Waals surface area contributed by atoms with E-state index in [0.717, 1.165) is 4.90 Å². The van der Waals surface area contributed by atoms with E-state index in [1.807, 2.05) is 0 Å². The molecule has 1 atom stereocenters. The summed E-state index contributed by atoms with van der Waals surface area (Å²) in [6.45, 7) is 1.70. The second kappa shape index (κ2) is 7.86. The molecular formula is C10H20F3NO3. The first-order valence-electron chi connectivity index (χ1n) is 5.44. The molecule has 4 nitrogen and oxygen atoms in total. The summed E-state index contributed by atoms with van der Waals surface area (Å²) >= 11 is 0. The van der Waals surface area contributed by atoms with Gasteiger partial charge >= 0.3 is 6.18 Å². The fourth-order valence-corrected chi connectivity index (χ4v) is 1.28. The molecule has 2 N–H and O–H groups in total. The van der Waals surface area contributed by atoms with Crippen LogP contribution >= 0.6 is 0 Å². The highest BCUT2D eigenvalue weighted by atomic mass is 19.4. The number of halogens is 3. The lowest BCUT2D eigenvalue weighted by Crippen LogP contribution is -2.42. The predicted molar refractivity (Wildman–Crippen MR) is 56.7 cm³/mol. The van der Waals surface area contributed by atoms with Gasteiger partial charge in [-0.2, -0.15) is 13.2 Å². The molecule has 0 rings (SSSR count). The molecular weight excluding hydrogens is 239 g/mol. The highest BCUT2D eigenvalue weighted by Gasteiger charge is 2.31. The second-order valence-corrected chi connectivity index (χ2v) is 4.11. The minimum absolute atomic E-state index is 0.0164. The van der Waals surface area contributed by atoms with Crippen molar-refractivity contribution in [2.24, 2.45) is 0 Å². The third-order valence-corrected chi connectivity index (χ3v) is 1.91. The Labute approximate surface area is 99.0 Å². The van der Waals surface area contributed by atoms with Crippen molar-refractivity contribution in [3.05, 3.63) is 0 Å². The van der Waals surface area contributed by atoms with Crippen molar-refractivity contribution >= 4 is 0 Å². The van der Waals surface area contributed by atoms with E-state index < -0.39 is 18.8 Å². The highest BCUT2D eigenvalue weighted by Crippen LogP contribution is 2.16. The van der Waals surface area contributed by atoms with Crippen LogP contribution in [-0.4, -0.2) is 66.3 Å². The molecule has 0 amide bonds. The number of ether oxygens (including phenoxy) is 1. The Morgan fingerprint density at radius 1 is 1.29 bits per heavy atom. The summed E-state index contributed by atoms with van der Waals surface area (Å²) in [6.07, 6.45) is -5.42. The van der Waals surface area contributed by atoms with Crippen molar-refractivity contribution in [1.29, 1.82) is 0 Å². The lowest BCUT2D eigenvalue weighted by molar-refractivity contribution is -0.150. The average Bonchev–Trinajstić information content (AvgIpc) is 2.12. The van der Waals surface area contributed by atoms with E-state index in [-0.39, 0.29) is 32.4 Å². The van der Waals surface area contributed by atoms with Crippen molar-refractivity contribution in [3.8, 4) is 0 Å². The summed E-state index contributed by atoms with van der Waals surface area (Å²) in [6, 6.07) is 0. The molecule has 0 aliphatic heterocycles. The summed E-state index contributed by atoms with van der Waals surface area (Å²) in [5.74, 6) is 0. The van der Waals surface area contributed by atoms with Gasteiger partial charge in [-0.3, -0.25) is 4.90 Å². The predicted octanol–water partition coefficient (Wildman–Crippen LogP) is 0.629. The Morgan fingerprint density at radius 2 is 1.88 bits per heavy atom. The van der Waals surface area contributed by atoms with Gasteiger partial charge < -0.3 is 14.9 Å². The third kappa shape index (κ3) is 10.5. The first kappa shape index (κ1) is 16.6. The van der Waals surface area contributed by atoms with Crippen LogP contribution in [0.4, 0.5) is 13.2 Å². The molecule has 0 fully saturated rings. The van der Waals surface area contributed by atoms with E-state index in [2.05, 4.69) is 0 Å². The first-order chi connectivity index (χ1) is 7.74. The molecule has 0 heterocycles. The fourth-order valence-electron chi connectivity index (χ4n) is 1.28. The van der Waals surface area contributed by atoms with Crippen molar-refractivity contribution in [3.63, 3.8) is 0 Å². The molecule has 0 aromatic heterocycles. The number of alkyl halides is 3. The average molecular weight is 259 g/mol. The molecule has 0 saturated heterocycles. The SMILES string of the molecule is CC(C)OCC(O)CN(CCO)CC(F)(F)F. The van der Waals surface area contributed by atoms with E-state index in [0.29, 0.717) is 0 Å². The summed E-state index contributed by atoms with van der Waals surface area (Å²) < 4.78 is 41.6. The van der Waals surface area contributed by atoms with Gasteiger partial charge in [-0.1, -0.05) is 0 Å². The molecule has 0 radical (unpaired) electrons. The monoisotopic (exact) mass is 259 g/mol. The third-order valence-electron chi connectivity index (χ3n) is 1.91. The van der Waals surface area contributed by atoms with E-state index in [1.165, 1.54) is 0 Å². The second-order valence-electron chi connectivity index (χ2n) is 4.11. The molecule has 0 aliphatic carbocycles. The Kier molecular flexibility index (Phi) is 7.69. The maximum atomic E-state index is 12.2. The summed E-state index contributed by atoms with van der Waals surface area (Å²) in [5.41, 5.74) is 0. The van der Waals surface area contributed by atoms with Crippen LogP contribution in [0, 0.1) is 0 Å². The topological polar surface area (TPSA) is 52.9 Å². The zero-order valence-electron chi connectivity index (χ0n) is 10.1. The minimum Gasteiger partial charge on any atom is -0.395 e. The number of nitrogens with zero attached hydrogens (tertiary/aromatic N) is 1. The van der Waals surface area contributed by atoms with Gasteiger partial charge in [0.1, 0.15) is 0 Å². The quantitative estimate of drug-likeness (QED) is 0.671. The van der Waals surface area contributed by atoms with Gasteiger partial charge in [-0.05, 0) is 13.8 Å². The Bertz CT molecular complexity index is 200. The molecule has 0 aromatic carbocycles. The van der Waals surface area contributed by atoms with Crippen molar-refractivity contribution < 1.29 is 28.1 Å². The van der Waals surface area contributed by atoms with E-state index in [1.54, 1.807) is 13.8 Å². The zero-order valence-corrected chi connectivity index (χ0v) is 10.1. The summed E-state index contributed by atoms with van der Waals surface area (Å²) in [4.78, 5) is 0.953. The Morgan fingerprint density at radius 3 is 2.29 bits per heavy atom. The normalized spacial score (nSPS) is 14.6. The van der Waals surface area contributed by atoms with Gasteiger partial charge in [-0.15, -0.1) is 0 Å². The van der Waals surface area contributed by atoms with Crippen LogP contribution in [0.5, 0.6) is 0 Å². The molecule has 7 heteroatoms. The molecule has 0 bridgehead atoms. The lowest BCUT2D eigenvalue weighted by Gasteiger charge is -2.25. The highest BCUT2D eigenvalue weighted by molar-refractivity contribution is 4.68. The van der Waals surface area contributed by atoms with Gasteiger partial charge in [0.05, 0.1) is 32.0 Å². The molecule has 1 unspecified atom stereocenters. The van der Waals surface area contributed by atoms with Crippen LogP contribution < -0.4 is 0 Å². The number of hydrogen-bond donors (Lipinski definition) is 2. The first-order valence-corrected chi connectivity index (χ1v) is 5.44. The Hall–Kier alpha value is -0.370. The number of aliphatic hydroxyl groups excluding tert-OH is 2. The lowest BCUT2D eigenvalue weighted by atomic mass is 10.3. The van der Waals surface area contributed by atoms with Gasteiger partial charge in [0.2, 0.25) is 0 Å². The van der Waals surface area contributed by atoms with Crippen LogP contribution in [0.2, 0.25) is 0 Å². The van der Waals surface area contributed by atoms with Gasteiger partial charge in [0.25, 0.3) is 0 Å². The van der Waals surface area contributed by atoms with Crippen LogP contribution in [0.15, 0.2) is 0 Å². The number of hydrogen-bond acceptors (Lipinski definition) is 4. The zero-order chi connectivity index (χ0) is 13.5. The van der Waals surface area contributed by atoms with E-state index in [9.17, 15) is 18.3 Å². The van der Waals surface area contributed by atoms with Crippen molar-refractivity contribution in [1.82, 2.24) is 4.90 Å². The van der Waals surface area contributed by atoms with Gasteiger partial charge in [0.15, 0.2) is 0 Å². The maximum Gasteiger partial charge on any atom is 0.401 e. The van der Waals surface area contributed by atoms with Crippen LogP contribution in [-0.2, 0) is 4.74 Å². The molecule has 0 saturated carbocycles. The van der Waals surface area contributed by atoms with Crippen LogP contribution in [0.1, 0.15) is 13.8 Å². The summed E-state index contributed by atoms with van der Waals surface area (Å²) in [7, 11) is 0. The number of rotatable bonds is 8. The van der Waals surface area contributed by atoms with Crippen molar-refractivity contribution in [2.45, 2.75) is 32.2 Å². The van der Waals surface area contributed by atoms with Crippen LogP contribution in [0.3, 0.4) is 0 Å². The number of aliphatic hydroxyl groups is 2. The van der Waals surface area contributed by atoms with Gasteiger partial charge in [0, 0.05) is 13.1 Å². The molecule has 104 valence electrons. The molecule has 17 heavy (non-hydrogen) atoms. The molecule has 0 aliphatic rings. The smallest absolute Gasteiger partial charge is 0.395 e.